The predicted molar refractivity (Wildman–Crippen MR) is 76.6 cm³/mol. The van der Waals surface area contributed by atoms with Crippen molar-refractivity contribution in [2.45, 2.75) is 56.1 Å². The molecule has 0 aromatic carbocycles. The fraction of sp³-hybridized carbons (Fsp3) is 1.00. The lowest BCUT2D eigenvalue weighted by Gasteiger charge is -2.47. The van der Waals surface area contributed by atoms with Crippen molar-refractivity contribution in [1.29, 1.82) is 0 Å². The van der Waals surface area contributed by atoms with Crippen LogP contribution in [0.2, 0.25) is 0 Å². The maximum Gasteiger partial charge on any atom is 0.170 e. The van der Waals surface area contributed by atoms with Gasteiger partial charge in [0, 0.05) is 31.5 Å². The molecule has 1 spiro atoms. The van der Waals surface area contributed by atoms with Crippen molar-refractivity contribution in [2.75, 3.05) is 40.4 Å². The highest BCUT2D eigenvalue weighted by atomic mass is 16.7. The van der Waals surface area contributed by atoms with Gasteiger partial charge in [-0.25, -0.2) is 0 Å². The number of hydrogen-bond donors (Lipinski definition) is 1. The van der Waals surface area contributed by atoms with Gasteiger partial charge in [0.15, 0.2) is 5.79 Å². The second-order valence-electron chi connectivity index (χ2n) is 6.74. The summed E-state index contributed by atoms with van der Waals surface area (Å²) >= 11 is 0. The maximum absolute atomic E-state index is 10.4. The zero-order chi connectivity index (χ0) is 14.2. The van der Waals surface area contributed by atoms with Crippen LogP contribution < -0.4 is 0 Å². The Morgan fingerprint density at radius 1 is 1.20 bits per heavy atom. The number of nitrogens with zero attached hydrogens (tertiary/aromatic N) is 2. The number of likely N-dealkylation sites (tertiary alicyclic amines) is 1. The molecular formula is C15H28N2O3. The highest BCUT2D eigenvalue weighted by Gasteiger charge is 2.47. The van der Waals surface area contributed by atoms with Crippen LogP contribution in [-0.2, 0) is 9.47 Å². The van der Waals surface area contributed by atoms with Crippen molar-refractivity contribution in [1.82, 2.24) is 9.80 Å². The maximum atomic E-state index is 10.4. The van der Waals surface area contributed by atoms with Gasteiger partial charge >= 0.3 is 0 Å². The molecule has 20 heavy (non-hydrogen) atoms. The Kier molecular flexibility index (Phi) is 4.34. The van der Waals surface area contributed by atoms with Crippen LogP contribution in [0.3, 0.4) is 0 Å². The minimum Gasteiger partial charge on any atom is -0.391 e. The monoisotopic (exact) mass is 284 g/mol. The third-order valence-corrected chi connectivity index (χ3v) is 5.23. The summed E-state index contributed by atoms with van der Waals surface area (Å²) in [6.07, 6.45) is 4.65. The summed E-state index contributed by atoms with van der Waals surface area (Å²) in [6, 6.07) is 0.781. The van der Waals surface area contributed by atoms with E-state index in [1.165, 1.54) is 12.8 Å². The van der Waals surface area contributed by atoms with Gasteiger partial charge in [-0.3, -0.25) is 4.90 Å². The Labute approximate surface area is 121 Å². The van der Waals surface area contributed by atoms with Crippen LogP contribution in [0.1, 0.15) is 32.1 Å². The van der Waals surface area contributed by atoms with Gasteiger partial charge in [0.2, 0.25) is 0 Å². The van der Waals surface area contributed by atoms with Crippen LogP contribution in [0, 0.1) is 0 Å². The average molecular weight is 284 g/mol. The zero-order valence-electron chi connectivity index (χ0n) is 12.8. The first-order chi connectivity index (χ1) is 9.60. The fourth-order valence-corrected chi connectivity index (χ4v) is 3.95. The van der Waals surface area contributed by atoms with Gasteiger partial charge in [-0.05, 0) is 39.9 Å². The first kappa shape index (κ1) is 14.7. The molecule has 1 N–H and O–H groups in total. The van der Waals surface area contributed by atoms with E-state index in [9.17, 15) is 5.11 Å². The molecule has 0 amide bonds. The van der Waals surface area contributed by atoms with Crippen molar-refractivity contribution in [2.24, 2.45) is 0 Å². The van der Waals surface area contributed by atoms with Gasteiger partial charge in [-0.15, -0.1) is 0 Å². The number of ether oxygens (including phenoxy) is 2. The molecule has 5 heteroatoms. The van der Waals surface area contributed by atoms with Crippen LogP contribution in [0.15, 0.2) is 0 Å². The summed E-state index contributed by atoms with van der Waals surface area (Å²) < 4.78 is 11.7. The molecular weight excluding hydrogens is 256 g/mol. The van der Waals surface area contributed by atoms with E-state index in [1.807, 2.05) is 0 Å². The molecule has 2 saturated heterocycles. The van der Waals surface area contributed by atoms with Crippen LogP contribution in [0.25, 0.3) is 0 Å². The van der Waals surface area contributed by atoms with Gasteiger partial charge in [0.1, 0.15) is 0 Å². The Morgan fingerprint density at radius 3 is 2.65 bits per heavy atom. The number of aliphatic hydroxyl groups is 1. The lowest BCUT2D eigenvalue weighted by atomic mass is 9.85. The van der Waals surface area contributed by atoms with Crippen molar-refractivity contribution < 1.29 is 14.6 Å². The Morgan fingerprint density at radius 2 is 1.95 bits per heavy atom. The van der Waals surface area contributed by atoms with Crippen LogP contribution in [0.5, 0.6) is 0 Å². The molecule has 0 bridgehead atoms. The summed E-state index contributed by atoms with van der Waals surface area (Å²) in [5.74, 6) is -0.408. The Hall–Kier alpha value is -0.200. The minimum absolute atomic E-state index is 0.185. The molecule has 0 aromatic heterocycles. The van der Waals surface area contributed by atoms with Crippen molar-refractivity contribution >= 4 is 0 Å². The van der Waals surface area contributed by atoms with E-state index in [0.717, 1.165) is 32.4 Å². The summed E-state index contributed by atoms with van der Waals surface area (Å²) in [7, 11) is 4.30. The molecule has 1 saturated carbocycles. The second-order valence-corrected chi connectivity index (χ2v) is 6.74. The fourth-order valence-electron chi connectivity index (χ4n) is 3.95. The van der Waals surface area contributed by atoms with E-state index in [4.69, 9.17) is 9.47 Å². The molecule has 3 fully saturated rings. The van der Waals surface area contributed by atoms with E-state index in [0.29, 0.717) is 19.3 Å². The standard InChI is InChI=1S/C15H28N2O3/c1-16(2)12-4-3-7-17(11-12)13-10-15(6-5-14(13)18)19-8-9-20-15/h12-14,18H,3-11H2,1-2H3. The van der Waals surface area contributed by atoms with E-state index >= 15 is 0 Å². The van der Waals surface area contributed by atoms with Crippen molar-refractivity contribution in [3.05, 3.63) is 0 Å². The third kappa shape index (κ3) is 2.88. The Bertz CT molecular complexity index is 331. The van der Waals surface area contributed by atoms with Crippen LogP contribution in [-0.4, -0.2) is 79.3 Å². The molecule has 5 nitrogen and oxygen atoms in total. The normalized spacial score (nSPS) is 38.7. The van der Waals surface area contributed by atoms with Gasteiger partial charge in [-0.2, -0.15) is 0 Å². The number of hydrogen-bond acceptors (Lipinski definition) is 5. The smallest absolute Gasteiger partial charge is 0.170 e. The highest BCUT2D eigenvalue weighted by molar-refractivity contribution is 4.95. The number of rotatable bonds is 2. The van der Waals surface area contributed by atoms with Gasteiger partial charge in [0.25, 0.3) is 0 Å². The summed E-state index contributed by atoms with van der Waals surface area (Å²) in [5.41, 5.74) is 0. The van der Waals surface area contributed by atoms with E-state index in [1.54, 1.807) is 0 Å². The molecule has 3 aliphatic rings. The molecule has 0 aromatic rings. The summed E-state index contributed by atoms with van der Waals surface area (Å²) in [6.45, 7) is 3.53. The van der Waals surface area contributed by atoms with Crippen LogP contribution >= 0.6 is 0 Å². The highest BCUT2D eigenvalue weighted by Crippen LogP contribution is 2.38. The molecule has 0 radical (unpaired) electrons. The zero-order valence-corrected chi connectivity index (χ0v) is 12.8. The molecule has 3 rings (SSSR count). The van der Waals surface area contributed by atoms with Crippen molar-refractivity contribution in [3.63, 3.8) is 0 Å². The molecule has 1 aliphatic carbocycles. The molecule has 3 atom stereocenters. The summed E-state index contributed by atoms with van der Waals surface area (Å²) in [4.78, 5) is 4.77. The molecule has 3 unspecified atom stereocenters. The van der Waals surface area contributed by atoms with Crippen molar-refractivity contribution in [3.8, 4) is 0 Å². The van der Waals surface area contributed by atoms with Crippen LogP contribution in [0.4, 0.5) is 0 Å². The van der Waals surface area contributed by atoms with Gasteiger partial charge < -0.3 is 19.5 Å². The lowest BCUT2D eigenvalue weighted by Crippen LogP contribution is -2.57. The largest absolute Gasteiger partial charge is 0.391 e. The van der Waals surface area contributed by atoms with Gasteiger partial charge in [-0.1, -0.05) is 0 Å². The van der Waals surface area contributed by atoms with E-state index in [2.05, 4.69) is 23.9 Å². The number of piperidine rings is 1. The van der Waals surface area contributed by atoms with E-state index < -0.39 is 5.79 Å². The first-order valence-electron chi connectivity index (χ1n) is 7.96. The molecule has 2 aliphatic heterocycles. The average Bonchev–Trinajstić information content (AvgIpc) is 2.90. The number of aliphatic hydroxyl groups excluding tert-OH is 1. The second kappa shape index (κ2) is 5.89. The lowest BCUT2D eigenvalue weighted by molar-refractivity contribution is -0.206. The SMILES string of the molecule is CN(C)C1CCCN(C2CC3(CCC2O)OCCO3)C1. The topological polar surface area (TPSA) is 45.2 Å². The predicted octanol–water partition coefficient (Wildman–Crippen LogP) is 0.669. The molecule has 116 valence electrons. The van der Waals surface area contributed by atoms with Gasteiger partial charge in [0.05, 0.1) is 19.3 Å². The Balaban J connectivity index is 1.67. The number of likely N-dealkylation sites (N-methyl/N-ethyl adjacent to an activating group) is 1. The quantitative estimate of drug-likeness (QED) is 0.807. The third-order valence-electron chi connectivity index (χ3n) is 5.23. The summed E-state index contributed by atoms with van der Waals surface area (Å²) in [5, 5.41) is 10.4. The van der Waals surface area contributed by atoms with E-state index in [-0.39, 0.29) is 12.1 Å². The molecule has 2 heterocycles. The minimum atomic E-state index is -0.408. The first-order valence-corrected chi connectivity index (χ1v) is 7.96.